The molecule has 0 radical (unpaired) electrons. The summed E-state index contributed by atoms with van der Waals surface area (Å²) in [6, 6.07) is 5.94. The number of nitro groups is 1. The second-order valence-corrected chi connectivity index (χ2v) is 4.47. The molecule has 0 aliphatic rings. The Labute approximate surface area is 122 Å². The molecule has 21 heavy (non-hydrogen) atoms. The summed E-state index contributed by atoms with van der Waals surface area (Å²) in [5.74, 6) is -0.563. The number of nitro benzene ring substituents is 1. The van der Waals surface area contributed by atoms with E-state index in [2.05, 4.69) is 0 Å². The maximum Gasteiger partial charge on any atom is 0.307 e. The van der Waals surface area contributed by atoms with Crippen molar-refractivity contribution in [1.29, 1.82) is 0 Å². The van der Waals surface area contributed by atoms with Crippen LogP contribution in [0.5, 0.6) is 0 Å². The summed E-state index contributed by atoms with van der Waals surface area (Å²) in [4.78, 5) is 34.8. The van der Waals surface area contributed by atoms with Gasteiger partial charge in [-0.25, -0.2) is 0 Å². The van der Waals surface area contributed by atoms with Crippen LogP contribution in [0.15, 0.2) is 24.3 Å². The Morgan fingerprint density at radius 2 is 2.10 bits per heavy atom. The SMILES string of the molecule is CCOC(=O)CCN(C)C(=O)Cc1cccc([N+](=O)[O-])c1. The van der Waals surface area contributed by atoms with Gasteiger partial charge in [0.05, 0.1) is 24.4 Å². The van der Waals surface area contributed by atoms with Gasteiger partial charge in [0.15, 0.2) is 0 Å². The maximum absolute atomic E-state index is 12.0. The van der Waals surface area contributed by atoms with Crippen LogP contribution >= 0.6 is 0 Å². The second kappa shape index (κ2) is 7.98. The Hall–Kier alpha value is -2.44. The molecule has 0 saturated heterocycles. The molecule has 0 fully saturated rings. The minimum absolute atomic E-state index is 0.0468. The molecule has 1 aromatic rings. The van der Waals surface area contributed by atoms with Crippen molar-refractivity contribution in [3.05, 3.63) is 39.9 Å². The van der Waals surface area contributed by atoms with E-state index in [-0.39, 0.29) is 37.0 Å². The number of ether oxygens (including phenoxy) is 1. The molecule has 0 aliphatic heterocycles. The van der Waals surface area contributed by atoms with Gasteiger partial charge in [0.25, 0.3) is 5.69 Å². The van der Waals surface area contributed by atoms with Crippen LogP contribution < -0.4 is 0 Å². The Bertz CT molecular complexity index is 530. The van der Waals surface area contributed by atoms with E-state index in [0.717, 1.165) is 0 Å². The third-order valence-corrected chi connectivity index (χ3v) is 2.86. The molecule has 0 heterocycles. The van der Waals surface area contributed by atoms with Crippen molar-refractivity contribution in [2.24, 2.45) is 0 Å². The molecule has 0 spiro atoms. The largest absolute Gasteiger partial charge is 0.466 e. The van der Waals surface area contributed by atoms with E-state index in [0.29, 0.717) is 12.2 Å². The molecule has 7 nitrogen and oxygen atoms in total. The number of esters is 1. The highest BCUT2D eigenvalue weighted by atomic mass is 16.6. The van der Waals surface area contributed by atoms with E-state index in [4.69, 9.17) is 4.74 Å². The zero-order valence-electron chi connectivity index (χ0n) is 12.1. The molecule has 0 N–H and O–H groups in total. The highest BCUT2D eigenvalue weighted by Gasteiger charge is 2.13. The van der Waals surface area contributed by atoms with Gasteiger partial charge in [-0.2, -0.15) is 0 Å². The predicted octanol–water partition coefficient (Wildman–Crippen LogP) is 1.55. The second-order valence-electron chi connectivity index (χ2n) is 4.47. The Balaban J connectivity index is 2.54. The summed E-state index contributed by atoms with van der Waals surface area (Å²) >= 11 is 0. The molecule has 0 bridgehead atoms. The van der Waals surface area contributed by atoms with Gasteiger partial charge in [0, 0.05) is 25.7 Å². The van der Waals surface area contributed by atoms with Gasteiger partial charge in [-0.1, -0.05) is 12.1 Å². The quantitative estimate of drug-likeness (QED) is 0.432. The fourth-order valence-electron chi connectivity index (χ4n) is 1.71. The minimum atomic E-state index is -0.502. The summed E-state index contributed by atoms with van der Waals surface area (Å²) in [6.45, 7) is 2.28. The molecule has 0 atom stereocenters. The summed E-state index contributed by atoms with van der Waals surface area (Å²) in [6.07, 6.45) is 0.187. The van der Waals surface area contributed by atoms with Crippen molar-refractivity contribution in [2.75, 3.05) is 20.2 Å². The molecule has 1 rings (SSSR count). The third kappa shape index (κ3) is 5.60. The molecular formula is C14H18N2O5. The number of non-ortho nitro benzene ring substituents is 1. The molecule has 7 heteroatoms. The number of hydrogen-bond donors (Lipinski definition) is 0. The number of benzene rings is 1. The van der Waals surface area contributed by atoms with Gasteiger partial charge in [-0.15, -0.1) is 0 Å². The number of nitrogens with zero attached hydrogens (tertiary/aromatic N) is 2. The molecule has 114 valence electrons. The molecule has 0 unspecified atom stereocenters. The topological polar surface area (TPSA) is 89.8 Å². The van der Waals surface area contributed by atoms with Crippen LogP contribution in [0, 0.1) is 10.1 Å². The standard InChI is InChI=1S/C14H18N2O5/c1-3-21-14(18)7-8-15(2)13(17)10-11-5-4-6-12(9-11)16(19)20/h4-6,9H,3,7-8,10H2,1-2H3. The lowest BCUT2D eigenvalue weighted by atomic mass is 10.1. The van der Waals surface area contributed by atoms with Gasteiger partial charge in [-0.05, 0) is 12.5 Å². The van der Waals surface area contributed by atoms with E-state index in [9.17, 15) is 19.7 Å². The third-order valence-electron chi connectivity index (χ3n) is 2.86. The summed E-state index contributed by atoms with van der Waals surface area (Å²) in [5.41, 5.74) is 0.520. The smallest absolute Gasteiger partial charge is 0.307 e. The van der Waals surface area contributed by atoms with E-state index in [1.807, 2.05) is 0 Å². The van der Waals surface area contributed by atoms with Crippen LogP contribution in [0.4, 0.5) is 5.69 Å². The minimum Gasteiger partial charge on any atom is -0.466 e. The van der Waals surface area contributed by atoms with Crippen molar-refractivity contribution < 1.29 is 19.2 Å². The number of rotatable bonds is 7. The summed E-state index contributed by atoms with van der Waals surface area (Å²) in [5, 5.41) is 10.7. The first-order valence-corrected chi connectivity index (χ1v) is 6.57. The van der Waals surface area contributed by atoms with Crippen molar-refractivity contribution in [1.82, 2.24) is 4.90 Å². The monoisotopic (exact) mass is 294 g/mol. The van der Waals surface area contributed by atoms with Gasteiger partial charge in [0.2, 0.25) is 5.91 Å². The van der Waals surface area contributed by atoms with E-state index < -0.39 is 4.92 Å². The highest BCUT2D eigenvalue weighted by molar-refractivity contribution is 5.79. The van der Waals surface area contributed by atoms with Gasteiger partial charge < -0.3 is 9.64 Å². The van der Waals surface area contributed by atoms with Crippen LogP contribution in [0.3, 0.4) is 0 Å². The predicted molar refractivity (Wildman–Crippen MR) is 75.7 cm³/mol. The first-order valence-electron chi connectivity index (χ1n) is 6.57. The Morgan fingerprint density at radius 1 is 1.38 bits per heavy atom. The van der Waals surface area contributed by atoms with Crippen LogP contribution in [0.25, 0.3) is 0 Å². The van der Waals surface area contributed by atoms with Gasteiger partial charge in [-0.3, -0.25) is 19.7 Å². The lowest BCUT2D eigenvalue weighted by Crippen LogP contribution is -2.30. The van der Waals surface area contributed by atoms with Crippen molar-refractivity contribution in [3.63, 3.8) is 0 Å². The highest BCUT2D eigenvalue weighted by Crippen LogP contribution is 2.14. The first-order chi connectivity index (χ1) is 9.93. The van der Waals surface area contributed by atoms with Crippen molar-refractivity contribution >= 4 is 17.6 Å². The average Bonchev–Trinajstić information content (AvgIpc) is 2.45. The number of likely N-dealkylation sites (N-methyl/N-ethyl adjacent to an activating group) is 1. The van der Waals surface area contributed by atoms with Crippen LogP contribution in [0.2, 0.25) is 0 Å². The molecule has 1 amide bonds. The summed E-state index contributed by atoms with van der Waals surface area (Å²) in [7, 11) is 1.58. The maximum atomic E-state index is 12.0. The van der Waals surface area contributed by atoms with Gasteiger partial charge in [0.1, 0.15) is 0 Å². The van der Waals surface area contributed by atoms with Gasteiger partial charge >= 0.3 is 5.97 Å². The fourth-order valence-corrected chi connectivity index (χ4v) is 1.71. The van der Waals surface area contributed by atoms with E-state index in [1.54, 1.807) is 26.1 Å². The zero-order chi connectivity index (χ0) is 15.8. The van der Waals surface area contributed by atoms with Crippen molar-refractivity contribution in [3.8, 4) is 0 Å². The summed E-state index contributed by atoms with van der Waals surface area (Å²) < 4.78 is 4.78. The Kier molecular flexibility index (Phi) is 6.32. The zero-order valence-corrected chi connectivity index (χ0v) is 12.1. The molecule has 0 saturated carbocycles. The number of carbonyl (C=O) groups excluding carboxylic acids is 2. The van der Waals surface area contributed by atoms with Crippen LogP contribution in [-0.2, 0) is 20.7 Å². The first kappa shape index (κ1) is 16.6. The lowest BCUT2D eigenvalue weighted by molar-refractivity contribution is -0.384. The molecule has 0 aliphatic carbocycles. The molecular weight excluding hydrogens is 276 g/mol. The van der Waals surface area contributed by atoms with E-state index in [1.165, 1.54) is 17.0 Å². The fraction of sp³-hybridized carbons (Fsp3) is 0.429. The van der Waals surface area contributed by atoms with Crippen LogP contribution in [0.1, 0.15) is 18.9 Å². The van der Waals surface area contributed by atoms with Crippen LogP contribution in [-0.4, -0.2) is 41.9 Å². The number of hydrogen-bond acceptors (Lipinski definition) is 5. The number of carbonyl (C=O) groups is 2. The molecule has 1 aromatic carbocycles. The Morgan fingerprint density at radius 3 is 2.71 bits per heavy atom. The van der Waals surface area contributed by atoms with Crippen molar-refractivity contribution in [2.45, 2.75) is 19.8 Å². The average molecular weight is 294 g/mol. The molecule has 0 aromatic heterocycles. The normalized spacial score (nSPS) is 10.0. The lowest BCUT2D eigenvalue weighted by Gasteiger charge is -2.16. The number of amides is 1. The van der Waals surface area contributed by atoms with E-state index >= 15 is 0 Å².